The molecule has 0 unspecified atom stereocenters. The summed E-state index contributed by atoms with van der Waals surface area (Å²) in [5.74, 6) is -0.310. The summed E-state index contributed by atoms with van der Waals surface area (Å²) in [6, 6.07) is 7.59. The van der Waals surface area contributed by atoms with Crippen LogP contribution in [-0.2, 0) is 0 Å². The summed E-state index contributed by atoms with van der Waals surface area (Å²) >= 11 is 12.1. The minimum atomic E-state index is -0.477. The first-order valence-corrected chi connectivity index (χ1v) is 6.12. The zero-order valence-electron chi connectivity index (χ0n) is 10.0. The number of nitrogens with two attached hydrogens (primary N) is 1. The number of rotatable bonds is 3. The molecule has 0 aliphatic heterocycles. The second kappa shape index (κ2) is 5.55. The fourth-order valence-electron chi connectivity index (χ4n) is 1.60. The molecule has 0 aliphatic rings. The van der Waals surface area contributed by atoms with Crippen molar-refractivity contribution in [3.8, 4) is 5.75 Å². The summed E-state index contributed by atoms with van der Waals surface area (Å²) in [4.78, 5) is 0. The quantitative estimate of drug-likeness (QED) is 0.822. The van der Waals surface area contributed by atoms with Crippen LogP contribution in [0.2, 0.25) is 10.0 Å². The largest absolute Gasteiger partial charge is 0.494 e. The van der Waals surface area contributed by atoms with Gasteiger partial charge in [-0.1, -0.05) is 23.2 Å². The van der Waals surface area contributed by atoms with E-state index in [-0.39, 0.29) is 5.75 Å². The van der Waals surface area contributed by atoms with Gasteiger partial charge in [-0.2, -0.15) is 0 Å². The molecule has 0 fully saturated rings. The summed E-state index contributed by atoms with van der Waals surface area (Å²) in [5.41, 5.74) is 7.05. The summed E-state index contributed by atoms with van der Waals surface area (Å²) < 4.78 is 18.4. The fraction of sp³-hybridized carbons (Fsp3) is 0.0769. The van der Waals surface area contributed by atoms with Crippen molar-refractivity contribution in [3.05, 3.63) is 46.2 Å². The van der Waals surface area contributed by atoms with Gasteiger partial charge in [0.1, 0.15) is 0 Å². The van der Waals surface area contributed by atoms with Gasteiger partial charge < -0.3 is 15.8 Å². The maximum absolute atomic E-state index is 13.6. The van der Waals surface area contributed by atoms with Crippen molar-refractivity contribution in [1.82, 2.24) is 0 Å². The van der Waals surface area contributed by atoms with Crippen molar-refractivity contribution >= 4 is 40.3 Å². The van der Waals surface area contributed by atoms with Gasteiger partial charge in [-0.05, 0) is 24.3 Å². The standard InChI is InChI=1S/C13H11Cl2FN2O/c1-19-12-3-2-8(6-11(12)16)18-13-9(14)4-7(17)5-10(13)15/h2-6,18H,17H2,1H3. The molecule has 2 rings (SSSR count). The van der Waals surface area contributed by atoms with Gasteiger partial charge in [-0.15, -0.1) is 0 Å². The van der Waals surface area contributed by atoms with Crippen molar-refractivity contribution in [1.29, 1.82) is 0 Å². The smallest absolute Gasteiger partial charge is 0.167 e. The van der Waals surface area contributed by atoms with Crippen LogP contribution in [0, 0.1) is 5.82 Å². The summed E-state index contributed by atoms with van der Waals surface area (Å²) in [7, 11) is 1.40. The summed E-state index contributed by atoms with van der Waals surface area (Å²) in [5, 5.41) is 3.67. The maximum Gasteiger partial charge on any atom is 0.167 e. The summed E-state index contributed by atoms with van der Waals surface area (Å²) in [6.07, 6.45) is 0. The SMILES string of the molecule is COc1ccc(Nc2c(Cl)cc(N)cc2Cl)cc1F. The van der Waals surface area contributed by atoms with Gasteiger partial charge in [0.05, 0.1) is 22.8 Å². The predicted octanol–water partition coefficient (Wildman–Crippen LogP) is 4.47. The molecule has 3 N–H and O–H groups in total. The zero-order chi connectivity index (χ0) is 14.0. The van der Waals surface area contributed by atoms with Gasteiger partial charge in [0, 0.05) is 17.4 Å². The topological polar surface area (TPSA) is 47.3 Å². The van der Waals surface area contributed by atoms with E-state index in [9.17, 15) is 4.39 Å². The average molecular weight is 301 g/mol. The molecular weight excluding hydrogens is 290 g/mol. The number of benzene rings is 2. The predicted molar refractivity (Wildman–Crippen MR) is 77.1 cm³/mol. The van der Waals surface area contributed by atoms with E-state index in [1.54, 1.807) is 18.2 Å². The Hall–Kier alpha value is -1.65. The van der Waals surface area contributed by atoms with Crippen LogP contribution in [0.15, 0.2) is 30.3 Å². The third-order valence-corrected chi connectivity index (χ3v) is 3.08. The van der Waals surface area contributed by atoms with Gasteiger partial charge in [0.15, 0.2) is 11.6 Å². The van der Waals surface area contributed by atoms with E-state index < -0.39 is 5.82 Å². The lowest BCUT2D eigenvalue weighted by molar-refractivity contribution is 0.386. The zero-order valence-corrected chi connectivity index (χ0v) is 11.5. The van der Waals surface area contributed by atoms with E-state index in [0.717, 1.165) is 0 Å². The second-order valence-electron chi connectivity index (χ2n) is 3.83. The van der Waals surface area contributed by atoms with Crippen LogP contribution in [0.5, 0.6) is 5.75 Å². The number of hydrogen-bond donors (Lipinski definition) is 2. The first-order chi connectivity index (χ1) is 9.01. The lowest BCUT2D eigenvalue weighted by Gasteiger charge is -2.12. The molecule has 0 bridgehead atoms. The lowest BCUT2D eigenvalue weighted by Crippen LogP contribution is -1.96. The van der Waals surface area contributed by atoms with Crippen molar-refractivity contribution < 1.29 is 9.13 Å². The van der Waals surface area contributed by atoms with Gasteiger partial charge in [0.25, 0.3) is 0 Å². The monoisotopic (exact) mass is 300 g/mol. The van der Waals surface area contributed by atoms with E-state index >= 15 is 0 Å². The third kappa shape index (κ3) is 3.03. The van der Waals surface area contributed by atoms with Crippen LogP contribution in [-0.4, -0.2) is 7.11 Å². The molecule has 0 amide bonds. The van der Waals surface area contributed by atoms with Gasteiger partial charge in [-0.25, -0.2) is 4.39 Å². The highest BCUT2D eigenvalue weighted by molar-refractivity contribution is 6.39. The molecule has 3 nitrogen and oxygen atoms in total. The van der Waals surface area contributed by atoms with E-state index in [1.807, 2.05) is 0 Å². The van der Waals surface area contributed by atoms with Crippen LogP contribution in [0.25, 0.3) is 0 Å². The molecule has 0 saturated carbocycles. The Kier molecular flexibility index (Phi) is 4.02. The number of halogens is 3. The molecule has 0 radical (unpaired) electrons. The number of hydrogen-bond acceptors (Lipinski definition) is 3. The molecule has 0 aromatic heterocycles. The van der Waals surface area contributed by atoms with Crippen molar-refractivity contribution in [3.63, 3.8) is 0 Å². The Labute approximate surface area is 120 Å². The van der Waals surface area contributed by atoms with E-state index in [1.165, 1.54) is 19.2 Å². The molecule has 0 aliphatic carbocycles. The Morgan fingerprint density at radius 3 is 2.32 bits per heavy atom. The number of anilines is 3. The molecule has 0 heterocycles. The molecule has 0 spiro atoms. The highest BCUT2D eigenvalue weighted by Gasteiger charge is 2.09. The lowest BCUT2D eigenvalue weighted by atomic mass is 10.2. The second-order valence-corrected chi connectivity index (χ2v) is 4.65. The minimum Gasteiger partial charge on any atom is -0.494 e. The Balaban J connectivity index is 2.34. The first kappa shape index (κ1) is 13.8. The van der Waals surface area contributed by atoms with Crippen LogP contribution in [0.1, 0.15) is 0 Å². The third-order valence-electron chi connectivity index (χ3n) is 2.49. The number of methoxy groups -OCH3 is 1. The van der Waals surface area contributed by atoms with E-state index in [2.05, 4.69) is 5.32 Å². The van der Waals surface area contributed by atoms with Gasteiger partial charge in [0.2, 0.25) is 0 Å². The molecular formula is C13H11Cl2FN2O. The number of ether oxygens (including phenoxy) is 1. The fourth-order valence-corrected chi connectivity index (χ4v) is 2.20. The number of nitrogens with one attached hydrogen (secondary N) is 1. The van der Waals surface area contributed by atoms with Crippen LogP contribution in [0.4, 0.5) is 21.5 Å². The molecule has 19 heavy (non-hydrogen) atoms. The van der Waals surface area contributed by atoms with Crippen molar-refractivity contribution in [2.24, 2.45) is 0 Å². The van der Waals surface area contributed by atoms with Crippen molar-refractivity contribution in [2.75, 3.05) is 18.2 Å². The molecule has 2 aromatic carbocycles. The Morgan fingerprint density at radius 2 is 1.79 bits per heavy atom. The minimum absolute atomic E-state index is 0.167. The molecule has 0 saturated heterocycles. The molecule has 100 valence electrons. The van der Waals surface area contributed by atoms with E-state index in [0.29, 0.717) is 27.1 Å². The van der Waals surface area contributed by atoms with Crippen LogP contribution < -0.4 is 15.8 Å². The molecule has 0 atom stereocenters. The van der Waals surface area contributed by atoms with Crippen LogP contribution in [0.3, 0.4) is 0 Å². The number of nitrogen functional groups attached to an aromatic ring is 1. The summed E-state index contributed by atoms with van der Waals surface area (Å²) in [6.45, 7) is 0. The van der Waals surface area contributed by atoms with Gasteiger partial charge >= 0.3 is 0 Å². The average Bonchev–Trinajstić information content (AvgIpc) is 2.34. The highest BCUT2D eigenvalue weighted by Crippen LogP contribution is 2.35. The van der Waals surface area contributed by atoms with Gasteiger partial charge in [-0.3, -0.25) is 0 Å². The Bertz CT molecular complexity index is 597. The maximum atomic E-state index is 13.6. The molecule has 6 heteroatoms. The highest BCUT2D eigenvalue weighted by atomic mass is 35.5. The van der Waals surface area contributed by atoms with Crippen LogP contribution >= 0.6 is 23.2 Å². The normalized spacial score (nSPS) is 10.3. The van der Waals surface area contributed by atoms with Crippen molar-refractivity contribution in [2.45, 2.75) is 0 Å². The first-order valence-electron chi connectivity index (χ1n) is 5.36. The Morgan fingerprint density at radius 1 is 1.16 bits per heavy atom. The van der Waals surface area contributed by atoms with E-state index in [4.69, 9.17) is 33.7 Å². The molecule has 2 aromatic rings.